The molecule has 0 saturated heterocycles. The maximum absolute atomic E-state index is 14.3. The van der Waals surface area contributed by atoms with Gasteiger partial charge in [-0.1, -0.05) is 31.7 Å². The van der Waals surface area contributed by atoms with Crippen molar-refractivity contribution in [2.24, 2.45) is 0 Å². The Balaban J connectivity index is 1.08. The Hall–Kier alpha value is -6.02. The van der Waals surface area contributed by atoms with Gasteiger partial charge in [0.2, 0.25) is 5.75 Å². The number of fused-ring (bicyclic) bond motifs is 1. The molecule has 0 bridgehead atoms. The summed E-state index contributed by atoms with van der Waals surface area (Å²) in [5, 5.41) is 0. The molecule has 1 saturated carbocycles. The van der Waals surface area contributed by atoms with E-state index in [4.69, 9.17) is 28.4 Å². The Morgan fingerprint density at radius 2 is 1.32 bits per heavy atom. The number of alkyl halides is 2. The monoisotopic (exact) mass is 790 g/mol. The number of halogens is 2. The molecule has 302 valence electrons. The Kier molecular flexibility index (Phi) is 15.4. The lowest BCUT2D eigenvalue weighted by Crippen LogP contribution is -2.26. The van der Waals surface area contributed by atoms with Crippen LogP contribution in [0.25, 0.3) is 0 Å². The van der Waals surface area contributed by atoms with Crippen molar-refractivity contribution in [3.05, 3.63) is 115 Å². The van der Waals surface area contributed by atoms with Crippen molar-refractivity contribution in [2.75, 3.05) is 26.4 Å². The fourth-order valence-electron chi connectivity index (χ4n) is 6.13. The summed E-state index contributed by atoms with van der Waals surface area (Å²) < 4.78 is 70.2. The average molecular weight is 791 g/mol. The minimum absolute atomic E-state index is 0.0637. The molecule has 0 spiro atoms. The summed E-state index contributed by atoms with van der Waals surface area (Å²) >= 11 is 0. The zero-order valence-corrected chi connectivity index (χ0v) is 31.3. The lowest BCUT2D eigenvalue weighted by molar-refractivity contribution is -0.287. The number of hydrogen-bond acceptors (Lipinski definition) is 12. The number of unbranched alkanes of at least 4 members (excludes halogenated alkanes) is 3. The number of rotatable bonds is 20. The Labute approximate surface area is 328 Å². The highest BCUT2D eigenvalue weighted by Gasteiger charge is 2.47. The van der Waals surface area contributed by atoms with E-state index in [0.717, 1.165) is 81.2 Å². The van der Waals surface area contributed by atoms with E-state index in [0.29, 0.717) is 24.9 Å². The van der Waals surface area contributed by atoms with Crippen molar-refractivity contribution in [2.45, 2.75) is 69.7 Å². The molecular weight excluding hydrogens is 746 g/mol. The number of benzene rings is 3. The Morgan fingerprint density at radius 1 is 0.684 bits per heavy atom. The van der Waals surface area contributed by atoms with Crippen LogP contribution in [0.15, 0.2) is 98.1 Å². The largest absolute Gasteiger partial charge is 0.586 e. The summed E-state index contributed by atoms with van der Waals surface area (Å²) in [6.45, 7) is 8.01. The molecule has 3 aromatic rings. The SMILES string of the molecule is C=CC(=O)OC/C=C/COc1ccc(OC(=O)c2ccc(OC(=O)c3ccc(C4CCC(OCCCCCCOC(=O)C=C)CC4)cc3)c3c2OC(F)(F)O3)cc1. The molecule has 0 unspecified atom stereocenters. The third-order valence-corrected chi connectivity index (χ3v) is 9.07. The second kappa shape index (κ2) is 20.8. The van der Waals surface area contributed by atoms with Crippen LogP contribution in [0.3, 0.4) is 0 Å². The molecule has 2 aliphatic rings. The molecule has 1 aliphatic heterocycles. The van der Waals surface area contributed by atoms with Gasteiger partial charge in [0.15, 0.2) is 11.5 Å². The molecule has 0 aromatic heterocycles. The van der Waals surface area contributed by atoms with Gasteiger partial charge < -0.3 is 37.9 Å². The van der Waals surface area contributed by atoms with Crippen molar-refractivity contribution < 1.29 is 65.9 Å². The fourth-order valence-corrected chi connectivity index (χ4v) is 6.13. The zero-order chi connectivity index (χ0) is 40.6. The van der Waals surface area contributed by atoms with Crippen molar-refractivity contribution in [1.82, 2.24) is 0 Å². The van der Waals surface area contributed by atoms with Gasteiger partial charge in [-0.25, -0.2) is 19.2 Å². The molecule has 1 aliphatic carbocycles. The third-order valence-electron chi connectivity index (χ3n) is 9.07. The van der Waals surface area contributed by atoms with Gasteiger partial charge in [-0.3, -0.25) is 0 Å². The number of hydrogen-bond donors (Lipinski definition) is 0. The molecule has 57 heavy (non-hydrogen) atoms. The lowest BCUT2D eigenvalue weighted by Gasteiger charge is -2.29. The van der Waals surface area contributed by atoms with Gasteiger partial charge in [0, 0.05) is 18.8 Å². The van der Waals surface area contributed by atoms with Gasteiger partial charge in [-0.15, -0.1) is 8.78 Å². The first kappa shape index (κ1) is 42.1. The van der Waals surface area contributed by atoms with Crippen LogP contribution in [0.1, 0.15) is 83.6 Å². The van der Waals surface area contributed by atoms with Crippen LogP contribution in [0, 0.1) is 0 Å². The van der Waals surface area contributed by atoms with Gasteiger partial charge >= 0.3 is 30.2 Å². The second-order valence-electron chi connectivity index (χ2n) is 13.1. The molecule has 14 heteroatoms. The molecule has 1 heterocycles. The average Bonchev–Trinajstić information content (AvgIpc) is 3.56. The van der Waals surface area contributed by atoms with Gasteiger partial charge in [0.05, 0.1) is 18.3 Å². The predicted molar refractivity (Wildman–Crippen MR) is 202 cm³/mol. The van der Waals surface area contributed by atoms with Crippen LogP contribution in [0.5, 0.6) is 28.7 Å². The van der Waals surface area contributed by atoms with E-state index in [9.17, 15) is 28.0 Å². The van der Waals surface area contributed by atoms with Gasteiger partial charge in [-0.2, -0.15) is 0 Å². The van der Waals surface area contributed by atoms with Crippen LogP contribution in [-0.4, -0.2) is 62.7 Å². The first-order chi connectivity index (χ1) is 27.5. The maximum atomic E-state index is 14.3. The maximum Gasteiger partial charge on any atom is 0.586 e. The van der Waals surface area contributed by atoms with E-state index in [-0.39, 0.29) is 41.9 Å². The van der Waals surface area contributed by atoms with Crippen LogP contribution in [0.2, 0.25) is 0 Å². The molecule has 5 rings (SSSR count). The quantitative estimate of drug-likeness (QED) is 0.0356. The lowest BCUT2D eigenvalue weighted by atomic mass is 9.82. The van der Waals surface area contributed by atoms with E-state index in [1.807, 2.05) is 12.1 Å². The number of carbonyl (C=O) groups excluding carboxylic acids is 4. The topological polar surface area (TPSA) is 142 Å². The zero-order valence-electron chi connectivity index (χ0n) is 31.3. The molecule has 12 nitrogen and oxygen atoms in total. The summed E-state index contributed by atoms with van der Waals surface area (Å²) in [7, 11) is 0. The van der Waals surface area contributed by atoms with Crippen LogP contribution < -0.4 is 23.7 Å². The minimum atomic E-state index is -4.13. The Morgan fingerprint density at radius 3 is 2.02 bits per heavy atom. The van der Waals surface area contributed by atoms with E-state index in [1.165, 1.54) is 24.3 Å². The summed E-state index contributed by atoms with van der Waals surface area (Å²) in [6, 6.07) is 15.2. The van der Waals surface area contributed by atoms with Crippen molar-refractivity contribution in [3.8, 4) is 28.7 Å². The Bertz CT molecular complexity index is 1900. The van der Waals surface area contributed by atoms with Crippen LogP contribution >= 0.6 is 0 Å². The summed E-state index contributed by atoms with van der Waals surface area (Å²) in [5.41, 5.74) is 0.882. The predicted octanol–water partition coefficient (Wildman–Crippen LogP) is 8.44. The summed E-state index contributed by atoms with van der Waals surface area (Å²) in [4.78, 5) is 48.3. The minimum Gasteiger partial charge on any atom is -0.490 e. The molecule has 1 fully saturated rings. The van der Waals surface area contributed by atoms with E-state index < -0.39 is 41.7 Å². The number of ether oxygens (including phenoxy) is 8. The molecule has 3 aromatic carbocycles. The molecular formula is C43H44F2O12. The van der Waals surface area contributed by atoms with Crippen molar-refractivity contribution in [3.63, 3.8) is 0 Å². The van der Waals surface area contributed by atoms with Gasteiger partial charge in [0.1, 0.15) is 30.3 Å². The highest BCUT2D eigenvalue weighted by Crippen LogP contribution is 2.49. The van der Waals surface area contributed by atoms with Crippen molar-refractivity contribution >= 4 is 23.9 Å². The van der Waals surface area contributed by atoms with E-state index >= 15 is 0 Å². The molecule has 0 amide bonds. The van der Waals surface area contributed by atoms with Crippen LogP contribution in [-0.2, 0) is 23.8 Å². The normalized spacial score (nSPS) is 16.7. The number of carbonyl (C=O) groups is 4. The number of esters is 4. The highest BCUT2D eigenvalue weighted by atomic mass is 19.3. The van der Waals surface area contributed by atoms with E-state index in [1.54, 1.807) is 24.3 Å². The standard InChI is InChI=1S/C43H44F2O12/c1-3-37(46)52-27-8-6-5-7-25-50-32-17-15-30(16-18-32)29-11-13-31(14-12-29)41(48)55-36-24-23-35(39-40(36)57-43(44,45)56-39)42(49)54-34-21-19-33(20-22-34)51-26-9-10-28-53-38(47)4-2/h3-4,9-14,19-24,30,32H,1-2,5-8,15-18,25-28H2/b10-9+. The first-order valence-corrected chi connectivity index (χ1v) is 18.6. The van der Waals surface area contributed by atoms with Crippen LogP contribution in [0.4, 0.5) is 8.78 Å². The van der Waals surface area contributed by atoms with E-state index in [2.05, 4.69) is 22.6 Å². The van der Waals surface area contributed by atoms with Crippen molar-refractivity contribution in [1.29, 1.82) is 0 Å². The highest BCUT2D eigenvalue weighted by molar-refractivity contribution is 5.97. The van der Waals surface area contributed by atoms with Gasteiger partial charge in [0.25, 0.3) is 0 Å². The summed E-state index contributed by atoms with van der Waals surface area (Å²) in [5.74, 6) is -3.58. The fraction of sp³-hybridized carbons (Fsp3) is 0.349. The molecule has 0 radical (unpaired) electrons. The molecule has 0 atom stereocenters. The van der Waals surface area contributed by atoms with Gasteiger partial charge in [-0.05, 0) is 117 Å². The second-order valence-corrected chi connectivity index (χ2v) is 13.1. The first-order valence-electron chi connectivity index (χ1n) is 18.6. The third kappa shape index (κ3) is 12.8. The summed E-state index contributed by atoms with van der Waals surface area (Å²) in [6.07, 6.45) is 8.98. The smallest absolute Gasteiger partial charge is 0.490 e. The molecule has 0 N–H and O–H groups in total.